The summed E-state index contributed by atoms with van der Waals surface area (Å²) in [6, 6.07) is 6.53. The monoisotopic (exact) mass is 392 g/mol. The molecule has 1 aliphatic rings. The Morgan fingerprint density at radius 1 is 1.11 bits per heavy atom. The van der Waals surface area contributed by atoms with E-state index >= 15 is 0 Å². The smallest absolute Gasteiger partial charge is 0.409 e. The molecule has 8 nitrogen and oxygen atoms in total. The second-order valence-electron chi connectivity index (χ2n) is 6.79. The molecule has 1 saturated heterocycles. The summed E-state index contributed by atoms with van der Waals surface area (Å²) in [5, 5.41) is 2.83. The fourth-order valence-electron chi connectivity index (χ4n) is 2.85. The number of likely N-dealkylation sites (tertiary alicyclic amines) is 1. The van der Waals surface area contributed by atoms with Gasteiger partial charge in [0.05, 0.1) is 18.3 Å². The number of carbonyl (C=O) groups is 3. The van der Waals surface area contributed by atoms with Crippen molar-refractivity contribution in [2.75, 3.05) is 26.3 Å². The van der Waals surface area contributed by atoms with Crippen molar-refractivity contribution in [3.63, 3.8) is 0 Å². The predicted octanol–water partition coefficient (Wildman–Crippen LogP) is 2.37. The standard InChI is InChI=1S/C20H28N2O6/c1-4-26-20(25)22-11-9-16(10-12-22)21-18(23)13-27-19(24)15-5-7-17(8-6-15)28-14(2)3/h5-8,14,16H,4,9-13H2,1-3H3,(H,21,23). The van der Waals surface area contributed by atoms with Gasteiger partial charge in [-0.25, -0.2) is 9.59 Å². The molecule has 1 aliphatic heterocycles. The summed E-state index contributed by atoms with van der Waals surface area (Å²) in [4.78, 5) is 37.4. The van der Waals surface area contributed by atoms with E-state index in [1.165, 1.54) is 0 Å². The molecular weight excluding hydrogens is 364 g/mol. The number of hydrogen-bond donors (Lipinski definition) is 1. The van der Waals surface area contributed by atoms with Gasteiger partial charge >= 0.3 is 12.1 Å². The van der Waals surface area contributed by atoms with Gasteiger partial charge in [-0.1, -0.05) is 0 Å². The van der Waals surface area contributed by atoms with Crippen LogP contribution in [-0.4, -0.2) is 61.3 Å². The molecule has 0 saturated carbocycles. The minimum absolute atomic E-state index is 0.0469. The fraction of sp³-hybridized carbons (Fsp3) is 0.550. The van der Waals surface area contributed by atoms with E-state index in [4.69, 9.17) is 14.2 Å². The highest BCUT2D eigenvalue weighted by molar-refractivity contribution is 5.91. The molecule has 1 heterocycles. The van der Waals surface area contributed by atoms with Crippen LogP contribution >= 0.6 is 0 Å². The van der Waals surface area contributed by atoms with Crippen LogP contribution in [0.25, 0.3) is 0 Å². The van der Waals surface area contributed by atoms with Crippen molar-refractivity contribution in [2.45, 2.75) is 45.8 Å². The number of nitrogens with one attached hydrogen (secondary N) is 1. The maximum Gasteiger partial charge on any atom is 0.409 e. The average Bonchev–Trinajstić information content (AvgIpc) is 2.67. The molecule has 0 bridgehead atoms. The SMILES string of the molecule is CCOC(=O)N1CCC(NC(=O)COC(=O)c2ccc(OC(C)C)cc2)CC1. The van der Waals surface area contributed by atoms with Gasteiger partial charge in [0.15, 0.2) is 6.61 Å². The van der Waals surface area contributed by atoms with Crippen molar-refractivity contribution >= 4 is 18.0 Å². The number of rotatable bonds is 7. The second kappa shape index (κ2) is 10.5. The molecule has 0 aromatic heterocycles. The molecule has 2 amide bonds. The van der Waals surface area contributed by atoms with Gasteiger partial charge in [-0.2, -0.15) is 0 Å². The highest BCUT2D eigenvalue weighted by Gasteiger charge is 2.24. The van der Waals surface area contributed by atoms with Crippen LogP contribution in [0.4, 0.5) is 4.79 Å². The summed E-state index contributed by atoms with van der Waals surface area (Å²) in [5.41, 5.74) is 0.353. The van der Waals surface area contributed by atoms with E-state index in [0.29, 0.717) is 43.9 Å². The zero-order valence-electron chi connectivity index (χ0n) is 16.6. The van der Waals surface area contributed by atoms with E-state index in [-0.39, 0.29) is 30.8 Å². The van der Waals surface area contributed by atoms with Gasteiger partial charge in [-0.3, -0.25) is 4.79 Å². The second-order valence-corrected chi connectivity index (χ2v) is 6.79. The summed E-state index contributed by atoms with van der Waals surface area (Å²) < 4.78 is 15.6. The quantitative estimate of drug-likeness (QED) is 0.716. The number of esters is 1. The van der Waals surface area contributed by atoms with Crippen LogP contribution in [0.3, 0.4) is 0 Å². The van der Waals surface area contributed by atoms with E-state index < -0.39 is 5.97 Å². The Balaban J connectivity index is 1.71. The molecular formula is C20H28N2O6. The Morgan fingerprint density at radius 3 is 2.32 bits per heavy atom. The number of piperidine rings is 1. The van der Waals surface area contributed by atoms with Crippen molar-refractivity contribution in [3.8, 4) is 5.75 Å². The molecule has 8 heteroatoms. The summed E-state index contributed by atoms with van der Waals surface area (Å²) in [6.45, 7) is 6.64. The third kappa shape index (κ3) is 6.75. The largest absolute Gasteiger partial charge is 0.491 e. The first-order valence-electron chi connectivity index (χ1n) is 9.54. The molecule has 0 radical (unpaired) electrons. The van der Waals surface area contributed by atoms with Crippen molar-refractivity contribution in [1.29, 1.82) is 0 Å². The molecule has 1 aromatic rings. The number of benzene rings is 1. The molecule has 28 heavy (non-hydrogen) atoms. The third-order valence-corrected chi connectivity index (χ3v) is 4.18. The molecule has 1 aromatic carbocycles. The maximum absolute atomic E-state index is 12.1. The topological polar surface area (TPSA) is 94.2 Å². The Hall–Kier alpha value is -2.77. The average molecular weight is 392 g/mol. The predicted molar refractivity (Wildman–Crippen MR) is 102 cm³/mol. The first-order chi connectivity index (χ1) is 13.4. The first kappa shape index (κ1) is 21.5. The van der Waals surface area contributed by atoms with E-state index in [1.54, 1.807) is 36.1 Å². The molecule has 154 valence electrons. The van der Waals surface area contributed by atoms with Crippen LogP contribution in [0.1, 0.15) is 44.0 Å². The Kier molecular flexibility index (Phi) is 8.10. The highest BCUT2D eigenvalue weighted by Crippen LogP contribution is 2.15. The minimum atomic E-state index is -0.566. The minimum Gasteiger partial charge on any atom is -0.491 e. The first-order valence-corrected chi connectivity index (χ1v) is 9.54. The van der Waals surface area contributed by atoms with E-state index in [1.807, 2.05) is 13.8 Å². The number of amides is 2. The van der Waals surface area contributed by atoms with Gasteiger partial charge in [0.1, 0.15) is 5.75 Å². The summed E-state index contributed by atoms with van der Waals surface area (Å²) >= 11 is 0. The highest BCUT2D eigenvalue weighted by atomic mass is 16.6. The van der Waals surface area contributed by atoms with Crippen LogP contribution in [0.15, 0.2) is 24.3 Å². The molecule has 0 aliphatic carbocycles. The lowest BCUT2D eigenvalue weighted by Crippen LogP contribution is -2.47. The van der Waals surface area contributed by atoms with E-state index in [2.05, 4.69) is 5.32 Å². The van der Waals surface area contributed by atoms with Crippen LogP contribution in [0.5, 0.6) is 5.75 Å². The van der Waals surface area contributed by atoms with Gasteiger partial charge in [-0.15, -0.1) is 0 Å². The van der Waals surface area contributed by atoms with Gasteiger partial charge in [0, 0.05) is 19.1 Å². The number of carbonyl (C=O) groups excluding carboxylic acids is 3. The van der Waals surface area contributed by atoms with Crippen LogP contribution in [0, 0.1) is 0 Å². The lowest BCUT2D eigenvalue weighted by Gasteiger charge is -2.31. The zero-order valence-corrected chi connectivity index (χ0v) is 16.6. The van der Waals surface area contributed by atoms with Crippen LogP contribution in [0.2, 0.25) is 0 Å². The zero-order chi connectivity index (χ0) is 20.5. The van der Waals surface area contributed by atoms with Crippen molar-refractivity contribution in [3.05, 3.63) is 29.8 Å². The maximum atomic E-state index is 12.1. The summed E-state index contributed by atoms with van der Waals surface area (Å²) in [6.07, 6.45) is 0.989. The number of hydrogen-bond acceptors (Lipinski definition) is 6. The lowest BCUT2D eigenvalue weighted by atomic mass is 10.1. The summed E-state index contributed by atoms with van der Waals surface area (Å²) in [5.74, 6) is -0.260. The third-order valence-electron chi connectivity index (χ3n) is 4.18. The normalized spacial score (nSPS) is 14.5. The fourth-order valence-corrected chi connectivity index (χ4v) is 2.85. The number of nitrogens with zero attached hydrogens (tertiary/aromatic N) is 1. The van der Waals surface area contributed by atoms with Gasteiger partial charge in [-0.05, 0) is 57.9 Å². The van der Waals surface area contributed by atoms with Crippen LogP contribution in [-0.2, 0) is 14.3 Å². The molecule has 2 rings (SSSR count). The molecule has 1 fully saturated rings. The number of ether oxygens (including phenoxy) is 3. The summed E-state index contributed by atoms with van der Waals surface area (Å²) in [7, 11) is 0. The Morgan fingerprint density at radius 2 is 1.75 bits per heavy atom. The Bertz CT molecular complexity index is 666. The van der Waals surface area contributed by atoms with E-state index in [0.717, 1.165) is 0 Å². The van der Waals surface area contributed by atoms with Crippen molar-refractivity contribution < 1.29 is 28.6 Å². The van der Waals surface area contributed by atoms with Gasteiger partial charge in [0.25, 0.3) is 5.91 Å². The van der Waals surface area contributed by atoms with Crippen molar-refractivity contribution in [1.82, 2.24) is 10.2 Å². The van der Waals surface area contributed by atoms with Crippen LogP contribution < -0.4 is 10.1 Å². The molecule has 0 atom stereocenters. The van der Waals surface area contributed by atoms with E-state index in [9.17, 15) is 14.4 Å². The van der Waals surface area contributed by atoms with Crippen molar-refractivity contribution in [2.24, 2.45) is 0 Å². The Labute approximate surface area is 165 Å². The molecule has 1 N–H and O–H groups in total. The van der Waals surface area contributed by atoms with Gasteiger partial charge < -0.3 is 24.4 Å². The van der Waals surface area contributed by atoms with Gasteiger partial charge in [0.2, 0.25) is 0 Å². The lowest BCUT2D eigenvalue weighted by molar-refractivity contribution is -0.125. The molecule has 0 spiro atoms. The molecule has 0 unspecified atom stereocenters.